The fraction of sp³-hybridized carbons (Fsp3) is 0.0833. The molecule has 0 saturated carbocycles. The Labute approximate surface area is 105 Å². The van der Waals surface area contributed by atoms with E-state index in [2.05, 4.69) is 15.3 Å². The van der Waals surface area contributed by atoms with Crippen LogP contribution in [0.1, 0.15) is 11.1 Å². The summed E-state index contributed by atoms with van der Waals surface area (Å²) in [6.07, 6.45) is 2.72. The van der Waals surface area contributed by atoms with Crippen LogP contribution in [-0.4, -0.2) is 16.2 Å². The standard InChI is InChI=1S/C12H14N6/c1-7-2-3-8(5-13)10(4-7)17-11-9(14)6-16-12(15)18-11/h2-6,13H,14H2,1H3,(H3,15,16,17,18). The smallest absolute Gasteiger partial charge is 0.222 e. The molecule has 0 aliphatic rings. The Hall–Kier alpha value is -2.63. The summed E-state index contributed by atoms with van der Waals surface area (Å²) < 4.78 is 0. The lowest BCUT2D eigenvalue weighted by Crippen LogP contribution is -2.05. The van der Waals surface area contributed by atoms with Gasteiger partial charge in [0.25, 0.3) is 0 Å². The molecule has 0 unspecified atom stereocenters. The molecule has 0 saturated heterocycles. The maximum atomic E-state index is 7.36. The molecule has 6 N–H and O–H groups in total. The number of nitrogens with zero attached hydrogens (tertiary/aromatic N) is 2. The summed E-state index contributed by atoms with van der Waals surface area (Å²) in [5.74, 6) is 0.590. The van der Waals surface area contributed by atoms with Crippen molar-refractivity contribution in [2.45, 2.75) is 6.92 Å². The van der Waals surface area contributed by atoms with Crippen LogP contribution in [0.4, 0.5) is 23.1 Å². The van der Waals surface area contributed by atoms with E-state index in [0.717, 1.165) is 16.8 Å². The van der Waals surface area contributed by atoms with Gasteiger partial charge in [0.1, 0.15) is 0 Å². The monoisotopic (exact) mass is 242 g/mol. The number of benzene rings is 1. The number of nitrogens with two attached hydrogens (primary N) is 2. The summed E-state index contributed by atoms with van der Waals surface area (Å²) in [6, 6.07) is 5.70. The zero-order valence-corrected chi connectivity index (χ0v) is 9.94. The first-order valence-electron chi connectivity index (χ1n) is 5.36. The minimum Gasteiger partial charge on any atom is -0.394 e. The number of nitrogens with one attached hydrogen (secondary N) is 2. The Kier molecular flexibility index (Phi) is 3.09. The van der Waals surface area contributed by atoms with Crippen molar-refractivity contribution in [3.63, 3.8) is 0 Å². The number of aryl methyl sites for hydroxylation is 1. The normalized spacial score (nSPS) is 10.1. The molecule has 6 heteroatoms. The van der Waals surface area contributed by atoms with Gasteiger partial charge in [-0.2, -0.15) is 4.98 Å². The highest BCUT2D eigenvalue weighted by molar-refractivity contribution is 5.88. The molecule has 0 aliphatic heterocycles. The SMILES string of the molecule is Cc1ccc(C=N)c(Nc2nc(N)ncc2N)c1. The van der Waals surface area contributed by atoms with Gasteiger partial charge in [0.15, 0.2) is 5.82 Å². The second-order valence-electron chi connectivity index (χ2n) is 3.89. The van der Waals surface area contributed by atoms with E-state index >= 15 is 0 Å². The van der Waals surface area contributed by atoms with Gasteiger partial charge in [0.2, 0.25) is 5.95 Å². The summed E-state index contributed by atoms with van der Waals surface area (Å²) in [5.41, 5.74) is 14.3. The minimum absolute atomic E-state index is 0.149. The molecule has 2 aromatic rings. The van der Waals surface area contributed by atoms with Crippen molar-refractivity contribution in [2.24, 2.45) is 0 Å². The van der Waals surface area contributed by atoms with E-state index in [4.69, 9.17) is 16.9 Å². The molecule has 2 rings (SSSR count). The van der Waals surface area contributed by atoms with E-state index in [1.165, 1.54) is 12.4 Å². The van der Waals surface area contributed by atoms with Crippen molar-refractivity contribution in [2.75, 3.05) is 16.8 Å². The predicted octanol–water partition coefficient (Wildman–Crippen LogP) is 1.69. The van der Waals surface area contributed by atoms with Gasteiger partial charge < -0.3 is 22.2 Å². The third-order valence-corrected chi connectivity index (χ3v) is 2.45. The van der Waals surface area contributed by atoms with Crippen molar-refractivity contribution in [3.8, 4) is 0 Å². The van der Waals surface area contributed by atoms with Gasteiger partial charge in [0, 0.05) is 17.5 Å². The molecule has 0 radical (unpaired) electrons. The highest BCUT2D eigenvalue weighted by Gasteiger charge is 2.06. The topological polar surface area (TPSA) is 114 Å². The van der Waals surface area contributed by atoms with Crippen LogP contribution in [0.15, 0.2) is 24.4 Å². The first-order valence-corrected chi connectivity index (χ1v) is 5.36. The van der Waals surface area contributed by atoms with Crippen LogP contribution in [0.25, 0.3) is 0 Å². The van der Waals surface area contributed by atoms with Crippen LogP contribution in [0, 0.1) is 12.3 Å². The fourth-order valence-corrected chi connectivity index (χ4v) is 1.54. The van der Waals surface area contributed by atoms with Crippen molar-refractivity contribution in [1.82, 2.24) is 9.97 Å². The second-order valence-corrected chi connectivity index (χ2v) is 3.89. The molecular weight excluding hydrogens is 228 g/mol. The van der Waals surface area contributed by atoms with E-state index < -0.39 is 0 Å². The number of rotatable bonds is 3. The average molecular weight is 242 g/mol. The lowest BCUT2D eigenvalue weighted by atomic mass is 10.1. The molecule has 6 nitrogen and oxygen atoms in total. The average Bonchev–Trinajstić information content (AvgIpc) is 2.34. The molecule has 0 fully saturated rings. The van der Waals surface area contributed by atoms with Gasteiger partial charge in [-0.3, -0.25) is 0 Å². The van der Waals surface area contributed by atoms with Gasteiger partial charge in [-0.05, 0) is 18.6 Å². The second kappa shape index (κ2) is 4.70. The number of aromatic nitrogens is 2. The zero-order valence-electron chi connectivity index (χ0n) is 9.94. The lowest BCUT2D eigenvalue weighted by Gasteiger charge is -2.11. The van der Waals surface area contributed by atoms with E-state index in [0.29, 0.717) is 11.5 Å². The maximum Gasteiger partial charge on any atom is 0.222 e. The first kappa shape index (κ1) is 11.8. The third kappa shape index (κ3) is 2.37. The quantitative estimate of drug-likeness (QED) is 0.611. The highest BCUT2D eigenvalue weighted by atomic mass is 15.1. The molecule has 1 aromatic heterocycles. The Morgan fingerprint density at radius 3 is 2.83 bits per heavy atom. The zero-order chi connectivity index (χ0) is 13.1. The van der Waals surface area contributed by atoms with E-state index in [1.807, 2.05) is 25.1 Å². The molecule has 18 heavy (non-hydrogen) atoms. The largest absolute Gasteiger partial charge is 0.394 e. The molecule has 0 atom stereocenters. The van der Waals surface area contributed by atoms with Crippen LogP contribution in [0.2, 0.25) is 0 Å². The minimum atomic E-state index is 0.149. The number of nitrogen functional groups attached to an aromatic ring is 2. The molecular formula is C12H14N6. The number of hydrogen-bond acceptors (Lipinski definition) is 6. The summed E-state index contributed by atoms with van der Waals surface area (Å²) in [7, 11) is 0. The highest BCUT2D eigenvalue weighted by Crippen LogP contribution is 2.23. The molecule has 92 valence electrons. The Bertz CT molecular complexity index is 593. The van der Waals surface area contributed by atoms with Crippen LogP contribution in [0.3, 0.4) is 0 Å². The maximum absolute atomic E-state index is 7.36. The molecule has 0 amide bonds. The van der Waals surface area contributed by atoms with Gasteiger partial charge in [-0.15, -0.1) is 0 Å². The van der Waals surface area contributed by atoms with Gasteiger partial charge in [0.05, 0.1) is 11.9 Å². The van der Waals surface area contributed by atoms with Crippen molar-refractivity contribution >= 4 is 29.4 Å². The van der Waals surface area contributed by atoms with Crippen LogP contribution in [-0.2, 0) is 0 Å². The summed E-state index contributed by atoms with van der Waals surface area (Å²) in [6.45, 7) is 1.97. The third-order valence-electron chi connectivity index (χ3n) is 2.45. The van der Waals surface area contributed by atoms with Crippen molar-refractivity contribution in [1.29, 1.82) is 5.41 Å². The molecule has 1 aromatic carbocycles. The molecule has 0 aliphatic carbocycles. The van der Waals surface area contributed by atoms with Gasteiger partial charge in [-0.1, -0.05) is 12.1 Å². The van der Waals surface area contributed by atoms with Crippen LogP contribution >= 0.6 is 0 Å². The summed E-state index contributed by atoms with van der Waals surface area (Å²) in [5, 5.41) is 10.4. The Balaban J connectivity index is 2.41. The fourth-order valence-electron chi connectivity index (χ4n) is 1.54. The first-order chi connectivity index (χ1) is 8.60. The van der Waals surface area contributed by atoms with E-state index in [9.17, 15) is 0 Å². The lowest BCUT2D eigenvalue weighted by molar-refractivity contribution is 1.19. The Morgan fingerprint density at radius 2 is 2.11 bits per heavy atom. The van der Waals surface area contributed by atoms with E-state index in [-0.39, 0.29) is 5.95 Å². The molecule has 0 bridgehead atoms. The van der Waals surface area contributed by atoms with Gasteiger partial charge >= 0.3 is 0 Å². The number of anilines is 4. The van der Waals surface area contributed by atoms with Crippen molar-refractivity contribution in [3.05, 3.63) is 35.5 Å². The molecule has 1 heterocycles. The van der Waals surface area contributed by atoms with Crippen molar-refractivity contribution < 1.29 is 0 Å². The summed E-state index contributed by atoms with van der Waals surface area (Å²) in [4.78, 5) is 7.83. The predicted molar refractivity (Wildman–Crippen MR) is 73.2 cm³/mol. The molecule has 0 spiro atoms. The van der Waals surface area contributed by atoms with Crippen LogP contribution < -0.4 is 16.8 Å². The number of hydrogen-bond donors (Lipinski definition) is 4. The van der Waals surface area contributed by atoms with Gasteiger partial charge in [-0.25, -0.2) is 4.98 Å². The van der Waals surface area contributed by atoms with E-state index in [1.54, 1.807) is 0 Å². The Morgan fingerprint density at radius 1 is 1.33 bits per heavy atom. The van der Waals surface area contributed by atoms with Crippen LogP contribution in [0.5, 0.6) is 0 Å². The summed E-state index contributed by atoms with van der Waals surface area (Å²) >= 11 is 0.